The zero-order chi connectivity index (χ0) is 14.2. The van der Waals surface area contributed by atoms with Crippen molar-refractivity contribution in [2.24, 2.45) is 28.9 Å². The average molecular weight is 266 g/mol. The molecule has 2 aliphatic rings. The number of carbonyl (C=O) groups excluding carboxylic acids is 1. The highest BCUT2D eigenvalue weighted by Crippen LogP contribution is 2.36. The molecule has 0 spiro atoms. The Bertz CT molecular complexity index is 334. The normalized spacial score (nSPS) is 33.1. The fourth-order valence-electron chi connectivity index (χ4n) is 3.42. The topological polar surface area (TPSA) is 46.3 Å². The highest BCUT2D eigenvalue weighted by molar-refractivity contribution is 5.76. The van der Waals surface area contributed by atoms with Crippen LogP contribution in [0.1, 0.15) is 53.4 Å². The van der Waals surface area contributed by atoms with E-state index in [-0.39, 0.29) is 5.41 Å². The maximum Gasteiger partial charge on any atom is 0.222 e. The highest BCUT2D eigenvalue weighted by Gasteiger charge is 2.40. The minimum Gasteiger partial charge on any atom is -0.342 e. The molecule has 0 aromatic heterocycles. The molecule has 1 amide bonds. The van der Waals surface area contributed by atoms with Gasteiger partial charge in [0.1, 0.15) is 0 Å². The van der Waals surface area contributed by atoms with E-state index < -0.39 is 0 Å². The standard InChI is InChI=1S/C16H30N2O/c1-11(16(2,3)4)8-15(19)18-9-12-6-5-7-14(17)13(12)10-18/h11-14H,5-10,17H2,1-4H3. The molecule has 0 aromatic rings. The van der Waals surface area contributed by atoms with Crippen molar-refractivity contribution >= 4 is 5.91 Å². The fraction of sp³-hybridized carbons (Fsp3) is 0.938. The van der Waals surface area contributed by atoms with Crippen molar-refractivity contribution in [2.75, 3.05) is 13.1 Å². The summed E-state index contributed by atoms with van der Waals surface area (Å²) in [7, 11) is 0. The molecule has 4 atom stereocenters. The second-order valence-electron chi connectivity index (χ2n) is 7.79. The SMILES string of the molecule is CC(CC(=O)N1CC2CCCC(N)C2C1)C(C)(C)C. The van der Waals surface area contributed by atoms with E-state index in [2.05, 4.69) is 32.6 Å². The molecule has 2 rings (SSSR count). The largest absolute Gasteiger partial charge is 0.342 e. The number of nitrogens with two attached hydrogens (primary N) is 1. The third-order valence-corrected chi connectivity index (χ3v) is 5.47. The first kappa shape index (κ1) is 14.8. The van der Waals surface area contributed by atoms with Crippen LogP contribution >= 0.6 is 0 Å². The lowest BCUT2D eigenvalue weighted by atomic mass is 9.78. The van der Waals surface area contributed by atoms with Crippen molar-refractivity contribution in [3.8, 4) is 0 Å². The van der Waals surface area contributed by atoms with Gasteiger partial charge in [0, 0.05) is 25.6 Å². The van der Waals surface area contributed by atoms with E-state index in [1.54, 1.807) is 0 Å². The predicted molar refractivity (Wildman–Crippen MR) is 78.6 cm³/mol. The number of rotatable bonds is 2. The van der Waals surface area contributed by atoms with Gasteiger partial charge in [0.2, 0.25) is 5.91 Å². The Balaban J connectivity index is 1.91. The highest BCUT2D eigenvalue weighted by atomic mass is 16.2. The van der Waals surface area contributed by atoms with Crippen LogP contribution in [0, 0.1) is 23.2 Å². The van der Waals surface area contributed by atoms with Gasteiger partial charge in [-0.25, -0.2) is 0 Å². The van der Waals surface area contributed by atoms with Gasteiger partial charge < -0.3 is 10.6 Å². The molecule has 3 nitrogen and oxygen atoms in total. The van der Waals surface area contributed by atoms with Gasteiger partial charge in [0.15, 0.2) is 0 Å². The number of fused-ring (bicyclic) bond motifs is 1. The Morgan fingerprint density at radius 1 is 1.32 bits per heavy atom. The van der Waals surface area contributed by atoms with Crippen LogP contribution in [-0.4, -0.2) is 29.9 Å². The number of carbonyl (C=O) groups is 1. The van der Waals surface area contributed by atoms with Crippen molar-refractivity contribution in [1.29, 1.82) is 0 Å². The van der Waals surface area contributed by atoms with Gasteiger partial charge in [-0.15, -0.1) is 0 Å². The van der Waals surface area contributed by atoms with Crippen molar-refractivity contribution in [3.05, 3.63) is 0 Å². The number of hydrogen-bond acceptors (Lipinski definition) is 2. The van der Waals surface area contributed by atoms with Crippen molar-refractivity contribution in [2.45, 2.75) is 59.4 Å². The Morgan fingerprint density at radius 2 is 2.00 bits per heavy atom. The molecule has 2 fully saturated rings. The Kier molecular flexibility index (Phi) is 4.24. The molecule has 110 valence electrons. The van der Waals surface area contributed by atoms with Crippen LogP contribution in [0.15, 0.2) is 0 Å². The number of nitrogens with zero attached hydrogens (tertiary/aromatic N) is 1. The van der Waals surface area contributed by atoms with Gasteiger partial charge in [-0.05, 0) is 36.0 Å². The van der Waals surface area contributed by atoms with Crippen LogP contribution in [0.5, 0.6) is 0 Å². The molecule has 4 unspecified atom stereocenters. The molecule has 1 aliphatic carbocycles. The zero-order valence-electron chi connectivity index (χ0n) is 13.0. The Hall–Kier alpha value is -0.570. The molecular formula is C16H30N2O. The van der Waals surface area contributed by atoms with E-state index in [0.717, 1.165) is 19.5 Å². The third-order valence-electron chi connectivity index (χ3n) is 5.47. The van der Waals surface area contributed by atoms with Gasteiger partial charge >= 0.3 is 0 Å². The van der Waals surface area contributed by atoms with Crippen LogP contribution in [0.4, 0.5) is 0 Å². The first-order valence-corrected chi connectivity index (χ1v) is 7.82. The lowest BCUT2D eigenvalue weighted by Crippen LogP contribution is -2.38. The minimum atomic E-state index is 0.207. The van der Waals surface area contributed by atoms with Crippen LogP contribution in [0.25, 0.3) is 0 Å². The Morgan fingerprint density at radius 3 is 2.58 bits per heavy atom. The molecule has 1 saturated heterocycles. The van der Waals surface area contributed by atoms with Gasteiger partial charge in [-0.2, -0.15) is 0 Å². The summed E-state index contributed by atoms with van der Waals surface area (Å²) in [5, 5.41) is 0. The van der Waals surface area contributed by atoms with Gasteiger partial charge in [0.25, 0.3) is 0 Å². The minimum absolute atomic E-state index is 0.207. The van der Waals surface area contributed by atoms with E-state index >= 15 is 0 Å². The van der Waals surface area contributed by atoms with E-state index in [9.17, 15) is 4.79 Å². The summed E-state index contributed by atoms with van der Waals surface area (Å²) in [5.41, 5.74) is 6.42. The van der Waals surface area contributed by atoms with Crippen LogP contribution in [0.3, 0.4) is 0 Å². The molecule has 19 heavy (non-hydrogen) atoms. The van der Waals surface area contributed by atoms with Crippen LogP contribution < -0.4 is 5.73 Å². The van der Waals surface area contributed by atoms with Crippen molar-refractivity contribution in [1.82, 2.24) is 4.90 Å². The van der Waals surface area contributed by atoms with Gasteiger partial charge in [0.05, 0.1) is 0 Å². The van der Waals surface area contributed by atoms with Gasteiger partial charge in [-0.3, -0.25) is 4.79 Å². The van der Waals surface area contributed by atoms with E-state index in [0.29, 0.717) is 36.1 Å². The molecule has 0 radical (unpaired) electrons. The molecule has 1 aliphatic heterocycles. The van der Waals surface area contributed by atoms with Crippen LogP contribution in [-0.2, 0) is 4.79 Å². The van der Waals surface area contributed by atoms with E-state index in [4.69, 9.17) is 5.73 Å². The summed E-state index contributed by atoms with van der Waals surface area (Å²) in [6, 6.07) is 0.316. The first-order valence-electron chi connectivity index (χ1n) is 7.82. The number of likely N-dealkylation sites (tertiary alicyclic amines) is 1. The average Bonchev–Trinajstić information content (AvgIpc) is 2.73. The smallest absolute Gasteiger partial charge is 0.222 e. The summed E-state index contributed by atoms with van der Waals surface area (Å²) in [4.78, 5) is 14.5. The lowest BCUT2D eigenvalue weighted by Gasteiger charge is -2.29. The molecule has 1 saturated carbocycles. The first-order chi connectivity index (χ1) is 8.79. The molecule has 0 bridgehead atoms. The lowest BCUT2D eigenvalue weighted by molar-refractivity contribution is -0.132. The maximum absolute atomic E-state index is 12.4. The summed E-state index contributed by atoms with van der Waals surface area (Å²) < 4.78 is 0. The Labute approximate surface area is 117 Å². The summed E-state index contributed by atoms with van der Waals surface area (Å²) in [6.07, 6.45) is 4.32. The van der Waals surface area contributed by atoms with Crippen LogP contribution in [0.2, 0.25) is 0 Å². The monoisotopic (exact) mass is 266 g/mol. The molecule has 3 heteroatoms. The fourth-order valence-corrected chi connectivity index (χ4v) is 3.42. The predicted octanol–water partition coefficient (Wildman–Crippen LogP) is 2.64. The van der Waals surface area contributed by atoms with E-state index in [1.165, 1.54) is 12.8 Å². The maximum atomic E-state index is 12.4. The zero-order valence-corrected chi connectivity index (χ0v) is 13.0. The van der Waals surface area contributed by atoms with Gasteiger partial charge in [-0.1, -0.05) is 34.1 Å². The summed E-state index contributed by atoms with van der Waals surface area (Å²) in [6.45, 7) is 10.7. The number of amides is 1. The summed E-state index contributed by atoms with van der Waals surface area (Å²) >= 11 is 0. The number of hydrogen-bond donors (Lipinski definition) is 1. The second kappa shape index (κ2) is 5.43. The molecule has 2 N–H and O–H groups in total. The quantitative estimate of drug-likeness (QED) is 0.835. The summed E-state index contributed by atoms with van der Waals surface area (Å²) in [5.74, 6) is 1.99. The second-order valence-corrected chi connectivity index (χ2v) is 7.79. The molecular weight excluding hydrogens is 236 g/mol. The van der Waals surface area contributed by atoms with Crippen molar-refractivity contribution < 1.29 is 4.79 Å². The van der Waals surface area contributed by atoms with Crippen molar-refractivity contribution in [3.63, 3.8) is 0 Å². The molecule has 1 heterocycles. The van der Waals surface area contributed by atoms with E-state index in [1.807, 2.05) is 0 Å². The molecule has 0 aromatic carbocycles. The third kappa shape index (κ3) is 3.31.